The molecular weight excluding hydrogens is 333 g/mol. The molecule has 0 saturated heterocycles. The zero-order valence-electron chi connectivity index (χ0n) is 8.56. The average molecular weight is 345 g/mol. The third-order valence-electron chi connectivity index (χ3n) is 2.37. The molecule has 1 atom stereocenters. The van der Waals surface area contributed by atoms with Crippen molar-refractivity contribution in [3.63, 3.8) is 0 Å². The summed E-state index contributed by atoms with van der Waals surface area (Å²) >= 11 is 3.99. The summed E-state index contributed by atoms with van der Waals surface area (Å²) in [4.78, 5) is 5.31. The van der Waals surface area contributed by atoms with Gasteiger partial charge in [0, 0.05) is 21.1 Å². The van der Waals surface area contributed by atoms with E-state index >= 15 is 0 Å². The van der Waals surface area contributed by atoms with Gasteiger partial charge in [0.25, 0.3) is 0 Å². The molecule has 0 aliphatic heterocycles. The molecule has 2 rings (SSSR count). The Morgan fingerprint density at radius 2 is 2.25 bits per heavy atom. The zero-order chi connectivity index (χ0) is 11.4. The van der Waals surface area contributed by atoms with E-state index in [9.17, 15) is 0 Å². The number of hydrazine groups is 1. The summed E-state index contributed by atoms with van der Waals surface area (Å²) in [6, 6.07) is 8.41. The summed E-state index contributed by atoms with van der Waals surface area (Å²) in [7, 11) is 0. The highest BCUT2D eigenvalue weighted by atomic mass is 127. The van der Waals surface area contributed by atoms with E-state index < -0.39 is 0 Å². The minimum absolute atomic E-state index is 0.147. The number of rotatable bonds is 4. The first-order valence-corrected chi connectivity index (χ1v) is 6.85. The summed E-state index contributed by atoms with van der Waals surface area (Å²) in [5.74, 6) is 5.62. The Hall–Kier alpha value is -0.500. The summed E-state index contributed by atoms with van der Waals surface area (Å²) in [5.41, 5.74) is 5.95. The van der Waals surface area contributed by atoms with E-state index in [2.05, 4.69) is 45.1 Å². The molecule has 0 bridgehead atoms. The molecule has 0 amide bonds. The van der Waals surface area contributed by atoms with Crippen LogP contribution in [-0.2, 0) is 6.42 Å². The third-order valence-corrected chi connectivity index (χ3v) is 4.15. The largest absolute Gasteiger partial charge is 0.271 e. The number of aromatic nitrogens is 1. The molecule has 5 heteroatoms. The van der Waals surface area contributed by atoms with Gasteiger partial charge in [0.05, 0.1) is 11.6 Å². The molecule has 3 N–H and O–H groups in total. The van der Waals surface area contributed by atoms with Gasteiger partial charge < -0.3 is 0 Å². The second-order valence-electron chi connectivity index (χ2n) is 3.41. The summed E-state index contributed by atoms with van der Waals surface area (Å²) < 4.78 is 1.23. The molecule has 0 aliphatic carbocycles. The van der Waals surface area contributed by atoms with Gasteiger partial charge in [-0.15, -0.1) is 11.3 Å². The molecule has 3 nitrogen and oxygen atoms in total. The van der Waals surface area contributed by atoms with Crippen LogP contribution in [0.1, 0.15) is 16.5 Å². The Morgan fingerprint density at radius 1 is 1.44 bits per heavy atom. The van der Waals surface area contributed by atoms with Crippen LogP contribution in [0.25, 0.3) is 0 Å². The van der Waals surface area contributed by atoms with Crippen molar-refractivity contribution in [2.45, 2.75) is 12.5 Å². The molecule has 84 valence electrons. The number of thiazole rings is 1. The number of hydrogen-bond donors (Lipinski definition) is 2. The van der Waals surface area contributed by atoms with Gasteiger partial charge in [-0.1, -0.05) is 18.2 Å². The molecular formula is C11H12IN3S. The first-order chi connectivity index (χ1) is 7.81. The minimum atomic E-state index is 0.147. The van der Waals surface area contributed by atoms with Crippen molar-refractivity contribution in [2.24, 2.45) is 5.84 Å². The number of nitrogens with two attached hydrogens (primary N) is 1. The monoisotopic (exact) mass is 345 g/mol. The lowest BCUT2D eigenvalue weighted by Gasteiger charge is -2.16. The van der Waals surface area contributed by atoms with Crippen molar-refractivity contribution in [3.8, 4) is 0 Å². The van der Waals surface area contributed by atoms with Gasteiger partial charge in [0.15, 0.2) is 0 Å². The van der Waals surface area contributed by atoms with E-state index in [-0.39, 0.29) is 6.04 Å². The highest BCUT2D eigenvalue weighted by Crippen LogP contribution is 2.23. The normalized spacial score (nSPS) is 12.6. The lowest BCUT2D eigenvalue weighted by Crippen LogP contribution is -2.29. The van der Waals surface area contributed by atoms with Crippen LogP contribution in [0.2, 0.25) is 0 Å². The fourth-order valence-corrected chi connectivity index (χ4v) is 2.97. The quantitative estimate of drug-likeness (QED) is 0.509. The van der Waals surface area contributed by atoms with Crippen molar-refractivity contribution >= 4 is 33.9 Å². The maximum absolute atomic E-state index is 5.62. The van der Waals surface area contributed by atoms with Crippen LogP contribution in [0.4, 0.5) is 0 Å². The van der Waals surface area contributed by atoms with Crippen LogP contribution in [0.15, 0.2) is 36.0 Å². The van der Waals surface area contributed by atoms with E-state index in [1.165, 1.54) is 14.0 Å². The molecule has 0 aliphatic rings. The lowest BCUT2D eigenvalue weighted by atomic mass is 10.0. The Kier molecular flexibility index (Phi) is 4.28. The van der Waals surface area contributed by atoms with Gasteiger partial charge in [0.2, 0.25) is 0 Å². The fourth-order valence-electron chi connectivity index (χ4n) is 1.56. The van der Waals surface area contributed by atoms with Crippen molar-refractivity contribution in [1.29, 1.82) is 0 Å². The summed E-state index contributed by atoms with van der Waals surface area (Å²) in [5, 5.41) is 0. The van der Waals surface area contributed by atoms with Gasteiger partial charge in [-0.3, -0.25) is 16.3 Å². The van der Waals surface area contributed by atoms with Crippen LogP contribution in [0, 0.1) is 3.57 Å². The number of nitrogens with zero attached hydrogens (tertiary/aromatic N) is 1. The van der Waals surface area contributed by atoms with Crippen LogP contribution in [0.3, 0.4) is 0 Å². The van der Waals surface area contributed by atoms with Gasteiger partial charge >= 0.3 is 0 Å². The molecule has 0 radical (unpaired) electrons. The molecule has 0 spiro atoms. The number of hydrogen-bond acceptors (Lipinski definition) is 4. The van der Waals surface area contributed by atoms with Gasteiger partial charge in [0.1, 0.15) is 0 Å². The van der Waals surface area contributed by atoms with E-state index in [4.69, 9.17) is 5.84 Å². The van der Waals surface area contributed by atoms with E-state index in [1.807, 2.05) is 23.8 Å². The molecule has 2 aromatic rings. The Morgan fingerprint density at radius 3 is 2.88 bits per heavy atom. The van der Waals surface area contributed by atoms with Crippen LogP contribution in [-0.4, -0.2) is 4.98 Å². The SMILES string of the molecule is NNC(Cc1cncs1)c1ccccc1I. The third kappa shape index (κ3) is 2.79. The molecule has 1 unspecified atom stereocenters. The highest BCUT2D eigenvalue weighted by molar-refractivity contribution is 14.1. The van der Waals surface area contributed by atoms with Crippen molar-refractivity contribution in [2.75, 3.05) is 0 Å². The Balaban J connectivity index is 2.20. The Labute approximate surface area is 112 Å². The molecule has 1 aromatic heterocycles. The number of nitrogens with one attached hydrogen (secondary N) is 1. The van der Waals surface area contributed by atoms with Crippen molar-refractivity contribution < 1.29 is 0 Å². The molecule has 1 heterocycles. The number of halogens is 1. The fraction of sp³-hybridized carbons (Fsp3) is 0.182. The average Bonchev–Trinajstić information content (AvgIpc) is 2.80. The van der Waals surface area contributed by atoms with Crippen molar-refractivity contribution in [3.05, 3.63) is 50.0 Å². The first kappa shape index (κ1) is 12.0. The lowest BCUT2D eigenvalue weighted by molar-refractivity contribution is 0.553. The molecule has 16 heavy (non-hydrogen) atoms. The topological polar surface area (TPSA) is 50.9 Å². The predicted octanol–water partition coefficient (Wildman–Crippen LogP) is 2.49. The highest BCUT2D eigenvalue weighted by Gasteiger charge is 2.13. The van der Waals surface area contributed by atoms with E-state index in [1.54, 1.807) is 11.3 Å². The van der Waals surface area contributed by atoms with Crippen LogP contribution in [0.5, 0.6) is 0 Å². The number of benzene rings is 1. The maximum atomic E-state index is 5.62. The maximum Gasteiger partial charge on any atom is 0.0794 e. The molecule has 0 saturated carbocycles. The zero-order valence-corrected chi connectivity index (χ0v) is 11.5. The molecule has 0 fully saturated rings. The van der Waals surface area contributed by atoms with Gasteiger partial charge in [-0.2, -0.15) is 0 Å². The smallest absolute Gasteiger partial charge is 0.0794 e. The van der Waals surface area contributed by atoms with Crippen LogP contribution < -0.4 is 11.3 Å². The standard InChI is InChI=1S/C11H12IN3S/c12-10-4-2-1-3-9(10)11(15-13)5-8-6-14-7-16-8/h1-4,6-7,11,15H,5,13H2. The summed E-state index contributed by atoms with van der Waals surface area (Å²) in [6.07, 6.45) is 2.77. The van der Waals surface area contributed by atoms with Gasteiger partial charge in [-0.25, -0.2) is 0 Å². The molecule has 1 aromatic carbocycles. The van der Waals surface area contributed by atoms with Crippen LogP contribution >= 0.6 is 33.9 Å². The second-order valence-corrected chi connectivity index (χ2v) is 5.55. The first-order valence-electron chi connectivity index (χ1n) is 4.89. The van der Waals surface area contributed by atoms with Crippen molar-refractivity contribution in [1.82, 2.24) is 10.4 Å². The van der Waals surface area contributed by atoms with E-state index in [0.717, 1.165) is 6.42 Å². The second kappa shape index (κ2) is 5.72. The minimum Gasteiger partial charge on any atom is -0.271 e. The Bertz CT molecular complexity index is 444. The predicted molar refractivity (Wildman–Crippen MR) is 75.0 cm³/mol. The summed E-state index contributed by atoms with van der Waals surface area (Å²) in [6.45, 7) is 0. The van der Waals surface area contributed by atoms with E-state index in [0.29, 0.717) is 0 Å². The van der Waals surface area contributed by atoms with Gasteiger partial charge in [-0.05, 0) is 34.2 Å².